The van der Waals surface area contributed by atoms with E-state index in [1.165, 1.54) is 0 Å². The van der Waals surface area contributed by atoms with Crippen LogP contribution in [0.15, 0.2) is 0 Å². The van der Waals surface area contributed by atoms with Gasteiger partial charge >= 0.3 is 0 Å². The maximum Gasteiger partial charge on any atom is 0.223 e. The van der Waals surface area contributed by atoms with Gasteiger partial charge in [0.1, 0.15) is 0 Å². The molecule has 0 radical (unpaired) electrons. The molecule has 98 valence electrons. The normalized spacial score (nSPS) is 31.6. The third kappa shape index (κ3) is 3.42. The Bertz CT molecular complexity index is 258. The van der Waals surface area contributed by atoms with Gasteiger partial charge in [-0.25, -0.2) is 0 Å². The minimum atomic E-state index is -0.109. The van der Waals surface area contributed by atoms with E-state index in [4.69, 9.17) is 0 Å². The van der Waals surface area contributed by atoms with Crippen LogP contribution >= 0.6 is 0 Å². The standard InChI is InChI=1S/C13H24N2O2/c1-9(11-7-14-8-11)13(17)15-6-10-2-4-12(16)5-3-10/h9-12,14,16H,2-8H2,1H3,(H,15,17). The summed E-state index contributed by atoms with van der Waals surface area (Å²) >= 11 is 0. The summed E-state index contributed by atoms with van der Waals surface area (Å²) in [6.07, 6.45) is 3.76. The van der Waals surface area contributed by atoms with Crippen LogP contribution in [-0.2, 0) is 4.79 Å². The van der Waals surface area contributed by atoms with Gasteiger partial charge < -0.3 is 15.7 Å². The Kier molecular flexibility index (Phi) is 4.40. The average molecular weight is 240 g/mol. The van der Waals surface area contributed by atoms with Crippen molar-refractivity contribution in [1.82, 2.24) is 10.6 Å². The lowest BCUT2D eigenvalue weighted by Crippen LogP contribution is -2.50. The molecular formula is C13H24N2O2. The zero-order valence-electron chi connectivity index (χ0n) is 10.6. The van der Waals surface area contributed by atoms with Crippen molar-refractivity contribution in [3.63, 3.8) is 0 Å². The maximum atomic E-state index is 11.9. The van der Waals surface area contributed by atoms with E-state index in [1.807, 2.05) is 6.92 Å². The van der Waals surface area contributed by atoms with E-state index in [0.29, 0.717) is 11.8 Å². The molecular weight excluding hydrogens is 216 g/mol. The lowest BCUT2D eigenvalue weighted by Gasteiger charge is -2.32. The molecule has 4 nitrogen and oxygen atoms in total. The second-order valence-corrected chi connectivity index (χ2v) is 5.63. The molecule has 0 aromatic heterocycles. The number of aliphatic hydroxyl groups excluding tert-OH is 1. The smallest absolute Gasteiger partial charge is 0.223 e. The van der Waals surface area contributed by atoms with Crippen molar-refractivity contribution in [2.75, 3.05) is 19.6 Å². The molecule has 2 aliphatic rings. The van der Waals surface area contributed by atoms with Crippen LogP contribution in [0.1, 0.15) is 32.6 Å². The van der Waals surface area contributed by atoms with E-state index in [1.54, 1.807) is 0 Å². The van der Waals surface area contributed by atoms with Crippen molar-refractivity contribution >= 4 is 5.91 Å². The summed E-state index contributed by atoms with van der Waals surface area (Å²) in [6.45, 7) is 4.76. The number of aliphatic hydroxyl groups is 1. The van der Waals surface area contributed by atoms with Crippen molar-refractivity contribution in [1.29, 1.82) is 0 Å². The fourth-order valence-corrected chi connectivity index (χ4v) is 2.63. The number of carbonyl (C=O) groups excluding carboxylic acids is 1. The molecule has 1 unspecified atom stereocenters. The van der Waals surface area contributed by atoms with Gasteiger partial charge in [0.15, 0.2) is 0 Å². The Morgan fingerprint density at radius 3 is 2.53 bits per heavy atom. The lowest BCUT2D eigenvalue weighted by molar-refractivity contribution is -0.126. The molecule has 0 aromatic rings. The lowest BCUT2D eigenvalue weighted by atomic mass is 9.86. The molecule has 1 aliphatic carbocycles. The zero-order chi connectivity index (χ0) is 12.3. The van der Waals surface area contributed by atoms with Gasteiger partial charge in [-0.2, -0.15) is 0 Å². The number of hydrogen-bond acceptors (Lipinski definition) is 3. The zero-order valence-corrected chi connectivity index (χ0v) is 10.6. The summed E-state index contributed by atoms with van der Waals surface area (Å²) in [4.78, 5) is 11.9. The Labute approximate surface area is 103 Å². The van der Waals surface area contributed by atoms with Crippen LogP contribution in [0.2, 0.25) is 0 Å². The van der Waals surface area contributed by atoms with Crippen LogP contribution in [0.3, 0.4) is 0 Å². The fraction of sp³-hybridized carbons (Fsp3) is 0.923. The molecule has 4 heteroatoms. The van der Waals surface area contributed by atoms with Gasteiger partial charge in [-0.15, -0.1) is 0 Å². The summed E-state index contributed by atoms with van der Waals surface area (Å²) in [6, 6.07) is 0. The first kappa shape index (κ1) is 12.8. The van der Waals surface area contributed by atoms with Gasteiger partial charge in [0, 0.05) is 12.5 Å². The molecule has 2 rings (SSSR count). The van der Waals surface area contributed by atoms with Crippen molar-refractivity contribution in [2.24, 2.45) is 17.8 Å². The Morgan fingerprint density at radius 2 is 2.00 bits per heavy atom. The number of amides is 1. The first-order valence-electron chi connectivity index (χ1n) is 6.83. The van der Waals surface area contributed by atoms with Crippen LogP contribution < -0.4 is 10.6 Å². The van der Waals surface area contributed by atoms with Gasteiger partial charge in [-0.1, -0.05) is 6.92 Å². The molecule has 1 aliphatic heterocycles. The Balaban J connectivity index is 1.65. The minimum Gasteiger partial charge on any atom is -0.393 e. The largest absolute Gasteiger partial charge is 0.393 e. The van der Waals surface area contributed by atoms with Crippen molar-refractivity contribution in [2.45, 2.75) is 38.7 Å². The predicted octanol–water partition coefficient (Wildman–Crippen LogP) is 0.509. The van der Waals surface area contributed by atoms with Crippen LogP contribution in [0.5, 0.6) is 0 Å². The minimum absolute atomic E-state index is 0.109. The highest BCUT2D eigenvalue weighted by Crippen LogP contribution is 2.23. The van der Waals surface area contributed by atoms with Gasteiger partial charge in [-0.3, -0.25) is 4.79 Å². The van der Waals surface area contributed by atoms with Gasteiger partial charge in [-0.05, 0) is 50.6 Å². The van der Waals surface area contributed by atoms with E-state index in [9.17, 15) is 9.90 Å². The molecule has 1 heterocycles. The number of hydrogen-bond donors (Lipinski definition) is 3. The summed E-state index contributed by atoms with van der Waals surface area (Å²) in [5.41, 5.74) is 0. The van der Waals surface area contributed by atoms with E-state index >= 15 is 0 Å². The van der Waals surface area contributed by atoms with Crippen LogP contribution in [0.25, 0.3) is 0 Å². The van der Waals surface area contributed by atoms with Crippen molar-refractivity contribution in [3.05, 3.63) is 0 Å². The van der Waals surface area contributed by atoms with Crippen molar-refractivity contribution in [3.8, 4) is 0 Å². The number of carbonyl (C=O) groups is 1. The molecule has 17 heavy (non-hydrogen) atoms. The molecule has 1 amide bonds. The average Bonchev–Trinajstić information content (AvgIpc) is 2.25. The summed E-state index contributed by atoms with van der Waals surface area (Å²) in [5, 5.41) is 15.7. The second-order valence-electron chi connectivity index (χ2n) is 5.63. The molecule has 0 bridgehead atoms. The van der Waals surface area contributed by atoms with Gasteiger partial charge in [0.25, 0.3) is 0 Å². The highest BCUT2D eigenvalue weighted by atomic mass is 16.3. The number of nitrogens with one attached hydrogen (secondary N) is 2. The predicted molar refractivity (Wildman–Crippen MR) is 66.5 cm³/mol. The van der Waals surface area contributed by atoms with E-state index in [-0.39, 0.29) is 17.9 Å². The third-order valence-electron chi connectivity index (χ3n) is 4.31. The summed E-state index contributed by atoms with van der Waals surface area (Å²) in [7, 11) is 0. The number of rotatable bonds is 4. The fourth-order valence-electron chi connectivity index (χ4n) is 2.63. The van der Waals surface area contributed by atoms with Crippen LogP contribution in [0, 0.1) is 17.8 Å². The molecule has 1 saturated heterocycles. The van der Waals surface area contributed by atoms with Crippen molar-refractivity contribution < 1.29 is 9.90 Å². The van der Waals surface area contributed by atoms with E-state index in [2.05, 4.69) is 10.6 Å². The molecule has 1 saturated carbocycles. The Hall–Kier alpha value is -0.610. The molecule has 0 spiro atoms. The van der Waals surface area contributed by atoms with E-state index < -0.39 is 0 Å². The first-order chi connectivity index (χ1) is 8.16. The third-order valence-corrected chi connectivity index (χ3v) is 4.31. The topological polar surface area (TPSA) is 61.4 Å². The molecule has 3 N–H and O–H groups in total. The van der Waals surface area contributed by atoms with E-state index in [0.717, 1.165) is 45.3 Å². The Morgan fingerprint density at radius 1 is 1.35 bits per heavy atom. The maximum absolute atomic E-state index is 11.9. The summed E-state index contributed by atoms with van der Waals surface area (Å²) in [5.74, 6) is 1.41. The SMILES string of the molecule is CC(C(=O)NCC1CCC(O)CC1)C1CNC1. The molecule has 1 atom stereocenters. The van der Waals surface area contributed by atoms with Crippen LogP contribution in [-0.4, -0.2) is 36.8 Å². The first-order valence-corrected chi connectivity index (χ1v) is 6.83. The highest BCUT2D eigenvalue weighted by Gasteiger charge is 2.29. The highest BCUT2D eigenvalue weighted by molar-refractivity contribution is 5.78. The monoisotopic (exact) mass is 240 g/mol. The quantitative estimate of drug-likeness (QED) is 0.671. The molecule has 0 aromatic carbocycles. The second kappa shape index (κ2) is 5.83. The van der Waals surface area contributed by atoms with Gasteiger partial charge in [0.2, 0.25) is 5.91 Å². The summed E-state index contributed by atoms with van der Waals surface area (Å²) < 4.78 is 0. The van der Waals surface area contributed by atoms with Gasteiger partial charge in [0.05, 0.1) is 6.10 Å². The molecule has 2 fully saturated rings. The van der Waals surface area contributed by atoms with Crippen LogP contribution in [0.4, 0.5) is 0 Å².